The van der Waals surface area contributed by atoms with Crippen LogP contribution in [0.1, 0.15) is 0 Å². The molecule has 0 radical (unpaired) electrons. The molecule has 0 rings (SSSR count). The predicted octanol–water partition coefficient (Wildman–Crippen LogP) is 2.05. The van der Waals surface area contributed by atoms with Crippen molar-refractivity contribution in [3.8, 4) is 0 Å². The van der Waals surface area contributed by atoms with Crippen LogP contribution in [0.2, 0.25) is 0 Å². The fourth-order valence-electron chi connectivity index (χ4n) is 1.06. The van der Waals surface area contributed by atoms with Crippen molar-refractivity contribution < 1.29 is 19.3 Å². The van der Waals surface area contributed by atoms with Crippen molar-refractivity contribution in [1.82, 2.24) is 9.34 Å². The Morgan fingerprint density at radius 1 is 1.05 bits per heavy atom. The van der Waals surface area contributed by atoms with Crippen LogP contribution in [0.4, 0.5) is 0 Å². The van der Waals surface area contributed by atoms with Crippen LogP contribution in [0, 0.1) is 5.41 Å². The van der Waals surface area contributed by atoms with Gasteiger partial charge in [0.1, 0.15) is 13.5 Å². The lowest BCUT2D eigenvalue weighted by Gasteiger charge is -2.35. The summed E-state index contributed by atoms with van der Waals surface area (Å²) in [6.45, 7) is -0.641. The molecule has 0 unspecified atom stereocenters. The molecule has 0 atom stereocenters. The molecular formula is C9H20Br3N2O4P. The molecule has 19 heavy (non-hydrogen) atoms. The second kappa shape index (κ2) is 9.48. The van der Waals surface area contributed by atoms with Gasteiger partial charge in [-0.15, -0.1) is 0 Å². The number of halogens is 3. The Morgan fingerprint density at radius 2 is 1.42 bits per heavy atom. The number of alkyl halides is 3. The van der Waals surface area contributed by atoms with E-state index in [1.54, 1.807) is 0 Å². The topological polar surface area (TPSA) is 73.2 Å². The number of hydrogen-bond donors (Lipinski definition) is 2. The maximum atomic E-state index is 12.7. The summed E-state index contributed by atoms with van der Waals surface area (Å²) < 4.78 is 20.7. The van der Waals surface area contributed by atoms with E-state index < -0.39 is 21.1 Å². The summed E-state index contributed by atoms with van der Waals surface area (Å²) in [6.07, 6.45) is 0. The van der Waals surface area contributed by atoms with Crippen molar-refractivity contribution in [2.45, 2.75) is 0 Å². The van der Waals surface area contributed by atoms with Gasteiger partial charge in [-0.25, -0.2) is 0 Å². The zero-order valence-electron chi connectivity index (χ0n) is 10.9. The summed E-state index contributed by atoms with van der Waals surface area (Å²) in [7, 11) is -0.479. The summed E-state index contributed by atoms with van der Waals surface area (Å²) >= 11 is 10.2. The third-order valence-corrected chi connectivity index (χ3v) is 8.67. The summed E-state index contributed by atoms with van der Waals surface area (Å²) in [6, 6.07) is 0. The van der Waals surface area contributed by atoms with Crippen LogP contribution in [-0.2, 0) is 9.09 Å². The smallest absolute Gasteiger partial charge is 0.349 e. The van der Waals surface area contributed by atoms with Crippen molar-refractivity contribution in [1.29, 1.82) is 0 Å². The highest BCUT2D eigenvalue weighted by Gasteiger charge is 2.37. The van der Waals surface area contributed by atoms with E-state index in [-0.39, 0.29) is 12.0 Å². The van der Waals surface area contributed by atoms with Gasteiger partial charge in [0.2, 0.25) is 0 Å². The minimum absolute atomic E-state index is 0.209. The molecule has 0 amide bonds. The Labute approximate surface area is 139 Å². The van der Waals surface area contributed by atoms with Gasteiger partial charge in [0, 0.05) is 21.4 Å². The van der Waals surface area contributed by atoms with Gasteiger partial charge < -0.3 is 14.7 Å². The summed E-state index contributed by atoms with van der Waals surface area (Å²) in [5, 5.41) is 20.3. The first kappa shape index (κ1) is 20.5. The second-order valence-corrected chi connectivity index (χ2v) is 8.55. The zero-order chi connectivity index (χ0) is 15.1. The molecule has 0 saturated carbocycles. The zero-order valence-corrected chi connectivity index (χ0v) is 16.6. The van der Waals surface area contributed by atoms with Crippen molar-refractivity contribution >= 4 is 55.5 Å². The third-order valence-electron chi connectivity index (χ3n) is 2.66. The Kier molecular flexibility index (Phi) is 10.2. The monoisotopic (exact) mass is 488 g/mol. The van der Waals surface area contributed by atoms with E-state index in [9.17, 15) is 4.57 Å². The van der Waals surface area contributed by atoms with Crippen molar-refractivity contribution in [3.05, 3.63) is 0 Å². The van der Waals surface area contributed by atoms with Gasteiger partial charge in [0.15, 0.2) is 0 Å². The highest BCUT2D eigenvalue weighted by molar-refractivity contribution is 9.10. The molecule has 10 heteroatoms. The van der Waals surface area contributed by atoms with E-state index in [0.29, 0.717) is 16.0 Å². The van der Waals surface area contributed by atoms with E-state index in [4.69, 9.17) is 14.7 Å². The van der Waals surface area contributed by atoms with Crippen LogP contribution in [0.3, 0.4) is 0 Å². The number of nitrogens with zero attached hydrogens (tertiary/aromatic N) is 2. The highest BCUT2D eigenvalue weighted by atomic mass is 79.9. The van der Waals surface area contributed by atoms with Crippen LogP contribution in [0.5, 0.6) is 0 Å². The third kappa shape index (κ3) is 5.30. The standard InChI is InChI=1S/C9H20Br3N2O4P/c1-13(7-15)19(17,14(2)8-16)18-6-9(3-10,4-11)5-12/h15-16H,3-8H2,1-2H3. The van der Waals surface area contributed by atoms with Gasteiger partial charge in [-0.05, 0) is 14.1 Å². The largest absolute Gasteiger partial charge is 0.381 e. The maximum Gasteiger partial charge on any atom is 0.349 e. The molecule has 0 aromatic heterocycles. The number of hydrogen-bond acceptors (Lipinski definition) is 4. The molecule has 0 aliphatic rings. The predicted molar refractivity (Wildman–Crippen MR) is 87.1 cm³/mol. The number of aliphatic hydroxyl groups is 2. The summed E-state index contributed by atoms with van der Waals surface area (Å²) in [5.41, 5.74) is -0.262. The normalized spacial score (nSPS) is 13.5. The van der Waals surface area contributed by atoms with Crippen LogP contribution in [0.15, 0.2) is 0 Å². The van der Waals surface area contributed by atoms with Crippen LogP contribution < -0.4 is 0 Å². The van der Waals surface area contributed by atoms with Gasteiger partial charge in [0.05, 0.1) is 6.61 Å². The molecule has 2 N–H and O–H groups in total. The first-order valence-electron chi connectivity index (χ1n) is 5.43. The molecule has 6 nitrogen and oxygen atoms in total. The van der Waals surface area contributed by atoms with Crippen LogP contribution in [-0.4, -0.2) is 69.7 Å². The Hall–Kier alpha value is 1.47. The molecule has 0 saturated heterocycles. The number of aliphatic hydroxyl groups excluding tert-OH is 2. The fraction of sp³-hybridized carbons (Fsp3) is 1.00. The second-order valence-electron chi connectivity index (χ2n) is 4.26. The van der Waals surface area contributed by atoms with E-state index in [0.717, 1.165) is 0 Å². The average Bonchev–Trinajstić information content (AvgIpc) is 2.46. The number of rotatable bonds is 10. The highest BCUT2D eigenvalue weighted by Crippen LogP contribution is 2.53. The molecule has 0 aliphatic heterocycles. The Bertz CT molecular complexity index is 285. The lowest BCUT2D eigenvalue weighted by atomic mass is 9.98. The minimum Gasteiger partial charge on any atom is -0.381 e. The molecular weight excluding hydrogens is 471 g/mol. The molecule has 116 valence electrons. The van der Waals surface area contributed by atoms with Crippen molar-refractivity contribution in [3.63, 3.8) is 0 Å². The molecule has 0 bridgehead atoms. The summed E-state index contributed by atoms with van der Waals surface area (Å²) in [4.78, 5) is 0. The summed E-state index contributed by atoms with van der Waals surface area (Å²) in [5.74, 6) is 0. The van der Waals surface area contributed by atoms with Gasteiger partial charge in [-0.1, -0.05) is 47.8 Å². The molecule has 0 aromatic carbocycles. The lowest BCUT2D eigenvalue weighted by molar-refractivity contribution is 0.106. The molecule has 0 aliphatic carbocycles. The first-order valence-corrected chi connectivity index (χ1v) is 10.3. The van der Waals surface area contributed by atoms with E-state index in [2.05, 4.69) is 47.8 Å². The Morgan fingerprint density at radius 3 is 1.68 bits per heavy atom. The minimum atomic E-state index is -3.43. The SMILES string of the molecule is CN(CO)P(=O)(OCC(CBr)(CBr)CBr)N(C)CO. The van der Waals surface area contributed by atoms with Gasteiger partial charge in [-0.2, -0.15) is 9.34 Å². The molecule has 0 spiro atoms. The lowest BCUT2D eigenvalue weighted by Crippen LogP contribution is -2.36. The molecule has 0 heterocycles. The van der Waals surface area contributed by atoms with Gasteiger partial charge >= 0.3 is 7.67 Å². The first-order chi connectivity index (χ1) is 8.85. The quantitative estimate of drug-likeness (QED) is 0.277. The van der Waals surface area contributed by atoms with E-state index in [1.165, 1.54) is 23.4 Å². The van der Waals surface area contributed by atoms with Crippen molar-refractivity contribution in [2.24, 2.45) is 5.41 Å². The molecule has 0 aromatic rings. The fourth-order valence-corrected chi connectivity index (χ4v) is 6.01. The van der Waals surface area contributed by atoms with E-state index in [1.807, 2.05) is 0 Å². The van der Waals surface area contributed by atoms with Gasteiger partial charge in [-0.3, -0.25) is 4.57 Å². The molecule has 0 fully saturated rings. The van der Waals surface area contributed by atoms with Crippen LogP contribution in [0.25, 0.3) is 0 Å². The van der Waals surface area contributed by atoms with Crippen molar-refractivity contribution in [2.75, 3.05) is 50.2 Å². The van der Waals surface area contributed by atoms with Crippen LogP contribution >= 0.6 is 55.5 Å². The van der Waals surface area contributed by atoms with E-state index >= 15 is 0 Å². The van der Waals surface area contributed by atoms with Gasteiger partial charge in [0.25, 0.3) is 0 Å². The Balaban J connectivity index is 5.00. The maximum absolute atomic E-state index is 12.7. The average molecular weight is 491 g/mol.